The maximum atomic E-state index is 13.4. The second kappa shape index (κ2) is 6.01. The first kappa shape index (κ1) is 12.4. The maximum Gasteiger partial charge on any atom is 0.138 e. The molecule has 0 saturated carbocycles. The Bertz CT molecular complexity index is 310. The highest BCUT2D eigenvalue weighted by Crippen LogP contribution is 2.27. The van der Waals surface area contributed by atoms with E-state index in [9.17, 15) is 4.39 Å². The molecular weight excluding hydrogens is 209 g/mol. The topological polar surface area (TPSA) is 26.0 Å². The number of benzene rings is 1. The lowest BCUT2D eigenvalue weighted by Gasteiger charge is -2.11. The number of halogens is 1. The van der Waals surface area contributed by atoms with Gasteiger partial charge in [0.15, 0.2) is 0 Å². The van der Waals surface area contributed by atoms with Crippen LogP contribution >= 0.6 is 11.8 Å². The Morgan fingerprint density at radius 1 is 1.33 bits per heavy atom. The summed E-state index contributed by atoms with van der Waals surface area (Å²) in [5.74, 6) is 1.45. The van der Waals surface area contributed by atoms with Crippen molar-refractivity contribution in [2.45, 2.75) is 31.6 Å². The van der Waals surface area contributed by atoms with Gasteiger partial charge in [0.25, 0.3) is 0 Å². The van der Waals surface area contributed by atoms with Gasteiger partial charge >= 0.3 is 0 Å². The Morgan fingerprint density at radius 2 is 2.00 bits per heavy atom. The summed E-state index contributed by atoms with van der Waals surface area (Å²) in [5.41, 5.74) is 5.97. The molecule has 84 valence electrons. The molecule has 1 rings (SSSR count). The molecule has 0 aliphatic carbocycles. The Morgan fingerprint density at radius 3 is 2.53 bits per heavy atom. The number of hydrogen-bond donors (Lipinski definition) is 1. The van der Waals surface area contributed by atoms with Crippen LogP contribution in [0, 0.1) is 11.7 Å². The molecule has 0 heterocycles. The number of nitrogen functional groups attached to an aromatic ring is 1. The van der Waals surface area contributed by atoms with E-state index in [0.29, 0.717) is 16.5 Å². The Kier molecular flexibility index (Phi) is 4.95. The van der Waals surface area contributed by atoms with Gasteiger partial charge in [0.1, 0.15) is 5.82 Å². The van der Waals surface area contributed by atoms with Crippen LogP contribution in [0.25, 0.3) is 0 Å². The summed E-state index contributed by atoms with van der Waals surface area (Å²) in [7, 11) is 0. The number of nitrogens with two attached hydrogens (primary N) is 1. The second-order valence-electron chi connectivity index (χ2n) is 3.68. The minimum absolute atomic E-state index is 0.203. The highest BCUT2D eigenvalue weighted by atomic mass is 32.2. The molecule has 0 bridgehead atoms. The molecule has 0 aliphatic heterocycles. The monoisotopic (exact) mass is 227 g/mol. The van der Waals surface area contributed by atoms with Gasteiger partial charge in [-0.1, -0.05) is 26.7 Å². The smallest absolute Gasteiger partial charge is 0.138 e. The normalized spacial score (nSPS) is 10.9. The third kappa shape index (κ3) is 3.74. The minimum Gasteiger partial charge on any atom is -0.399 e. The van der Waals surface area contributed by atoms with Crippen molar-refractivity contribution in [1.29, 1.82) is 0 Å². The van der Waals surface area contributed by atoms with Crippen molar-refractivity contribution in [3.8, 4) is 0 Å². The fourth-order valence-corrected chi connectivity index (χ4v) is 2.61. The number of anilines is 1. The van der Waals surface area contributed by atoms with Gasteiger partial charge in [-0.15, -0.1) is 11.8 Å². The third-order valence-corrected chi connectivity index (χ3v) is 3.87. The van der Waals surface area contributed by atoms with Crippen molar-refractivity contribution in [3.05, 3.63) is 24.0 Å². The lowest BCUT2D eigenvalue weighted by atomic mass is 10.1. The molecule has 0 saturated heterocycles. The van der Waals surface area contributed by atoms with Gasteiger partial charge in [-0.25, -0.2) is 4.39 Å². The summed E-state index contributed by atoms with van der Waals surface area (Å²) in [6.45, 7) is 4.35. The largest absolute Gasteiger partial charge is 0.399 e. The standard InChI is InChI=1S/C12H18FNS/c1-3-9(4-2)8-15-12-6-5-10(14)7-11(12)13/h5-7,9H,3-4,8,14H2,1-2H3. The van der Waals surface area contributed by atoms with Crippen LogP contribution in [-0.2, 0) is 0 Å². The van der Waals surface area contributed by atoms with E-state index in [1.165, 1.54) is 6.07 Å². The van der Waals surface area contributed by atoms with Crippen LogP contribution in [0.15, 0.2) is 23.1 Å². The van der Waals surface area contributed by atoms with E-state index in [-0.39, 0.29) is 5.82 Å². The first-order chi connectivity index (χ1) is 7.17. The van der Waals surface area contributed by atoms with Crippen molar-refractivity contribution < 1.29 is 4.39 Å². The van der Waals surface area contributed by atoms with Gasteiger partial charge < -0.3 is 5.73 Å². The predicted octanol–water partition coefficient (Wildman–Crippen LogP) is 3.94. The zero-order chi connectivity index (χ0) is 11.3. The van der Waals surface area contributed by atoms with Gasteiger partial charge in [-0.2, -0.15) is 0 Å². The van der Waals surface area contributed by atoms with Crippen LogP contribution < -0.4 is 5.73 Å². The van der Waals surface area contributed by atoms with Crippen LogP contribution in [-0.4, -0.2) is 5.75 Å². The summed E-state index contributed by atoms with van der Waals surface area (Å²) in [6.07, 6.45) is 2.31. The van der Waals surface area contributed by atoms with Crippen LogP contribution in [0.1, 0.15) is 26.7 Å². The summed E-state index contributed by atoms with van der Waals surface area (Å²) >= 11 is 1.58. The van der Waals surface area contributed by atoms with E-state index in [1.54, 1.807) is 23.9 Å². The van der Waals surface area contributed by atoms with Crippen molar-refractivity contribution in [2.75, 3.05) is 11.5 Å². The van der Waals surface area contributed by atoms with E-state index in [1.807, 2.05) is 0 Å². The zero-order valence-electron chi connectivity index (χ0n) is 9.29. The number of rotatable bonds is 5. The first-order valence-corrected chi connectivity index (χ1v) is 6.33. The van der Waals surface area contributed by atoms with Gasteiger partial charge in [-0.3, -0.25) is 0 Å². The summed E-state index contributed by atoms with van der Waals surface area (Å²) in [6, 6.07) is 4.89. The summed E-state index contributed by atoms with van der Waals surface area (Å²) in [5, 5.41) is 0. The second-order valence-corrected chi connectivity index (χ2v) is 4.75. The van der Waals surface area contributed by atoms with Gasteiger partial charge in [-0.05, 0) is 24.1 Å². The lowest BCUT2D eigenvalue weighted by molar-refractivity contribution is 0.552. The molecular formula is C12H18FNS. The fraction of sp³-hybridized carbons (Fsp3) is 0.500. The van der Waals surface area contributed by atoms with E-state index in [4.69, 9.17) is 5.73 Å². The molecule has 0 aliphatic rings. The van der Waals surface area contributed by atoms with Crippen LogP contribution in [0.3, 0.4) is 0 Å². The highest BCUT2D eigenvalue weighted by molar-refractivity contribution is 7.99. The van der Waals surface area contributed by atoms with Gasteiger partial charge in [0, 0.05) is 16.3 Å². The molecule has 0 radical (unpaired) electrons. The van der Waals surface area contributed by atoms with Crippen molar-refractivity contribution in [3.63, 3.8) is 0 Å². The summed E-state index contributed by atoms with van der Waals surface area (Å²) < 4.78 is 13.4. The molecule has 0 atom stereocenters. The third-order valence-electron chi connectivity index (χ3n) is 2.59. The average molecular weight is 227 g/mol. The number of hydrogen-bond acceptors (Lipinski definition) is 2. The molecule has 1 nitrogen and oxygen atoms in total. The molecule has 15 heavy (non-hydrogen) atoms. The molecule has 0 spiro atoms. The van der Waals surface area contributed by atoms with Gasteiger partial charge in [0.2, 0.25) is 0 Å². The quantitative estimate of drug-likeness (QED) is 0.609. The predicted molar refractivity (Wildman–Crippen MR) is 65.6 cm³/mol. The molecule has 3 heteroatoms. The lowest BCUT2D eigenvalue weighted by Crippen LogP contribution is -2.00. The SMILES string of the molecule is CCC(CC)CSc1ccc(N)cc1F. The molecule has 2 N–H and O–H groups in total. The van der Waals surface area contributed by atoms with Crippen molar-refractivity contribution >= 4 is 17.4 Å². The molecule has 0 fully saturated rings. The average Bonchev–Trinajstić information content (AvgIpc) is 2.22. The van der Waals surface area contributed by atoms with Crippen molar-refractivity contribution in [1.82, 2.24) is 0 Å². The molecule has 0 unspecified atom stereocenters. The van der Waals surface area contributed by atoms with Gasteiger partial charge in [0.05, 0.1) is 0 Å². The number of thioether (sulfide) groups is 1. The van der Waals surface area contributed by atoms with Crippen LogP contribution in [0.2, 0.25) is 0 Å². The van der Waals surface area contributed by atoms with Crippen molar-refractivity contribution in [2.24, 2.45) is 5.92 Å². The highest BCUT2D eigenvalue weighted by Gasteiger charge is 2.07. The summed E-state index contributed by atoms with van der Waals surface area (Å²) in [4.78, 5) is 0.705. The van der Waals surface area contributed by atoms with Crippen LogP contribution in [0.5, 0.6) is 0 Å². The van der Waals surface area contributed by atoms with Crippen LogP contribution in [0.4, 0.5) is 10.1 Å². The Hall–Kier alpha value is -0.700. The Labute approximate surface area is 95.2 Å². The molecule has 1 aromatic carbocycles. The molecule has 1 aromatic rings. The molecule has 0 aromatic heterocycles. The zero-order valence-corrected chi connectivity index (χ0v) is 10.1. The Balaban J connectivity index is 2.57. The molecule has 0 amide bonds. The van der Waals surface area contributed by atoms with E-state index in [2.05, 4.69) is 13.8 Å². The fourth-order valence-electron chi connectivity index (χ4n) is 1.37. The van der Waals surface area contributed by atoms with E-state index < -0.39 is 0 Å². The first-order valence-electron chi connectivity index (χ1n) is 5.35. The maximum absolute atomic E-state index is 13.4. The van der Waals surface area contributed by atoms with E-state index >= 15 is 0 Å². The minimum atomic E-state index is -0.203. The van der Waals surface area contributed by atoms with E-state index in [0.717, 1.165) is 18.6 Å².